The van der Waals surface area contributed by atoms with E-state index in [0.717, 1.165) is 40.9 Å². The Labute approximate surface area is 164 Å². The van der Waals surface area contributed by atoms with E-state index in [-0.39, 0.29) is 0 Å². The number of anilines is 1. The molecule has 1 aliphatic heterocycles. The fraction of sp³-hybridized carbons (Fsp3) is 0.217. The Balaban J connectivity index is 1.85. The first-order valence-electron chi connectivity index (χ1n) is 9.27. The number of piperidine rings is 1. The molecule has 4 heteroatoms. The van der Waals surface area contributed by atoms with E-state index in [1.807, 2.05) is 48.5 Å². The Morgan fingerprint density at radius 1 is 1.04 bits per heavy atom. The summed E-state index contributed by atoms with van der Waals surface area (Å²) in [5.74, 6) is 0.968. The summed E-state index contributed by atoms with van der Waals surface area (Å²) in [4.78, 5) is 7.29. The van der Waals surface area contributed by atoms with Crippen LogP contribution in [0.15, 0.2) is 54.6 Å². The van der Waals surface area contributed by atoms with Gasteiger partial charge in [0.2, 0.25) is 0 Å². The molecule has 4 rings (SSSR count). The van der Waals surface area contributed by atoms with E-state index in [1.165, 1.54) is 19.3 Å². The predicted octanol–water partition coefficient (Wildman–Crippen LogP) is 5.94. The molecule has 0 amide bonds. The van der Waals surface area contributed by atoms with Crippen molar-refractivity contribution >= 4 is 40.0 Å². The smallest absolute Gasteiger partial charge is 0.136 e. The molecule has 134 valence electrons. The van der Waals surface area contributed by atoms with Crippen LogP contribution in [0, 0.1) is 11.3 Å². The topological polar surface area (TPSA) is 39.9 Å². The number of para-hydroxylation sites is 1. The van der Waals surface area contributed by atoms with Crippen LogP contribution in [-0.4, -0.2) is 18.1 Å². The van der Waals surface area contributed by atoms with Crippen molar-refractivity contribution in [3.05, 3.63) is 70.7 Å². The number of fused-ring (bicyclic) bond motifs is 1. The van der Waals surface area contributed by atoms with E-state index in [0.29, 0.717) is 10.6 Å². The third kappa shape index (κ3) is 3.82. The average Bonchev–Trinajstić information content (AvgIpc) is 2.73. The van der Waals surface area contributed by atoms with Gasteiger partial charge >= 0.3 is 0 Å². The van der Waals surface area contributed by atoms with Gasteiger partial charge in [-0.25, -0.2) is 4.98 Å². The summed E-state index contributed by atoms with van der Waals surface area (Å²) in [6.07, 6.45) is 5.58. The Hall–Kier alpha value is -2.83. The third-order valence-electron chi connectivity index (χ3n) is 4.96. The second kappa shape index (κ2) is 7.82. The minimum absolute atomic E-state index is 0.613. The molecule has 1 aromatic heterocycles. The van der Waals surface area contributed by atoms with Gasteiger partial charge in [0.15, 0.2) is 0 Å². The Morgan fingerprint density at radius 2 is 1.78 bits per heavy atom. The van der Waals surface area contributed by atoms with Gasteiger partial charge in [0, 0.05) is 29.1 Å². The highest BCUT2D eigenvalue weighted by atomic mass is 35.5. The molecule has 0 spiro atoms. The maximum Gasteiger partial charge on any atom is 0.136 e. The highest BCUT2D eigenvalue weighted by Gasteiger charge is 2.17. The van der Waals surface area contributed by atoms with Gasteiger partial charge in [-0.15, -0.1) is 0 Å². The van der Waals surface area contributed by atoms with Crippen molar-refractivity contribution in [1.82, 2.24) is 4.98 Å². The van der Waals surface area contributed by atoms with Crippen LogP contribution < -0.4 is 4.90 Å². The van der Waals surface area contributed by atoms with Crippen molar-refractivity contribution in [1.29, 1.82) is 5.26 Å². The molecule has 0 radical (unpaired) electrons. The van der Waals surface area contributed by atoms with Gasteiger partial charge in [-0.05, 0) is 55.2 Å². The van der Waals surface area contributed by atoms with Gasteiger partial charge < -0.3 is 4.90 Å². The number of hydrogen-bond donors (Lipinski definition) is 0. The van der Waals surface area contributed by atoms with E-state index in [9.17, 15) is 5.26 Å². The minimum atomic E-state index is 0.613. The molecule has 0 aliphatic carbocycles. The zero-order valence-electron chi connectivity index (χ0n) is 15.0. The molecule has 0 bridgehead atoms. The monoisotopic (exact) mass is 373 g/mol. The van der Waals surface area contributed by atoms with E-state index in [2.05, 4.69) is 23.1 Å². The average molecular weight is 374 g/mol. The number of rotatable bonds is 3. The molecule has 0 atom stereocenters. The quantitative estimate of drug-likeness (QED) is 0.533. The minimum Gasteiger partial charge on any atom is -0.356 e. The standard InChI is InChI=1S/C23H20ClN3/c24-21-10-8-17(9-11-21)20(16-25)15-19-14-18-6-2-3-7-22(18)26-23(19)27-12-4-1-5-13-27/h2-3,6-11,14-15H,1,4-5,12-13H2/b20-15+. The van der Waals surface area contributed by atoms with Crippen LogP contribution in [0.1, 0.15) is 30.4 Å². The number of halogens is 1. The highest BCUT2D eigenvalue weighted by molar-refractivity contribution is 6.30. The van der Waals surface area contributed by atoms with Crippen molar-refractivity contribution in [3.63, 3.8) is 0 Å². The molecule has 2 aromatic carbocycles. The van der Waals surface area contributed by atoms with Crippen LogP contribution in [-0.2, 0) is 0 Å². The summed E-state index contributed by atoms with van der Waals surface area (Å²) in [5, 5.41) is 11.5. The predicted molar refractivity (Wildman–Crippen MR) is 113 cm³/mol. The van der Waals surface area contributed by atoms with Gasteiger partial charge in [0.1, 0.15) is 5.82 Å². The van der Waals surface area contributed by atoms with Gasteiger partial charge in [-0.1, -0.05) is 41.9 Å². The number of pyridine rings is 1. The summed E-state index contributed by atoms with van der Waals surface area (Å²) < 4.78 is 0. The lowest BCUT2D eigenvalue weighted by molar-refractivity contribution is 0.574. The molecule has 0 unspecified atom stereocenters. The summed E-state index contributed by atoms with van der Waals surface area (Å²) in [6.45, 7) is 2.02. The van der Waals surface area contributed by atoms with Gasteiger partial charge in [-0.3, -0.25) is 0 Å². The fourth-order valence-corrected chi connectivity index (χ4v) is 3.68. The maximum atomic E-state index is 9.74. The lowest BCUT2D eigenvalue weighted by atomic mass is 10.0. The lowest BCUT2D eigenvalue weighted by Gasteiger charge is -2.29. The Bertz CT molecular complexity index is 1030. The van der Waals surface area contributed by atoms with Crippen LogP contribution in [0.5, 0.6) is 0 Å². The van der Waals surface area contributed by atoms with E-state index in [1.54, 1.807) is 0 Å². The number of benzene rings is 2. The van der Waals surface area contributed by atoms with Crippen molar-refractivity contribution in [3.8, 4) is 6.07 Å². The number of allylic oxidation sites excluding steroid dienone is 1. The highest BCUT2D eigenvalue weighted by Crippen LogP contribution is 2.30. The lowest BCUT2D eigenvalue weighted by Crippen LogP contribution is -2.30. The first kappa shape index (κ1) is 17.6. The Morgan fingerprint density at radius 3 is 2.52 bits per heavy atom. The SMILES string of the molecule is N#C/C(=C\c1cc2ccccc2nc1N1CCCCC1)c1ccc(Cl)cc1. The number of nitrogens with zero attached hydrogens (tertiary/aromatic N) is 3. The molecule has 0 N–H and O–H groups in total. The molecule has 1 fully saturated rings. The fourth-order valence-electron chi connectivity index (χ4n) is 3.55. The van der Waals surface area contributed by atoms with Crippen LogP contribution >= 0.6 is 11.6 Å². The van der Waals surface area contributed by atoms with Gasteiger partial charge in [0.25, 0.3) is 0 Å². The van der Waals surface area contributed by atoms with Crippen molar-refractivity contribution in [2.75, 3.05) is 18.0 Å². The number of hydrogen-bond acceptors (Lipinski definition) is 3. The van der Waals surface area contributed by atoms with Crippen LogP contribution in [0.3, 0.4) is 0 Å². The van der Waals surface area contributed by atoms with Crippen LogP contribution in [0.4, 0.5) is 5.82 Å². The third-order valence-corrected chi connectivity index (χ3v) is 5.22. The zero-order chi connectivity index (χ0) is 18.6. The molecule has 1 aliphatic rings. The van der Waals surface area contributed by atoms with Gasteiger partial charge in [0.05, 0.1) is 17.2 Å². The molecule has 3 aromatic rings. The largest absolute Gasteiger partial charge is 0.356 e. The van der Waals surface area contributed by atoms with E-state index >= 15 is 0 Å². The molecular formula is C23H20ClN3. The normalized spacial score (nSPS) is 15.0. The van der Waals surface area contributed by atoms with Gasteiger partial charge in [-0.2, -0.15) is 5.26 Å². The summed E-state index contributed by atoms with van der Waals surface area (Å²) >= 11 is 5.99. The Kier molecular flexibility index (Phi) is 5.09. The van der Waals surface area contributed by atoms with E-state index < -0.39 is 0 Å². The number of nitriles is 1. The second-order valence-electron chi connectivity index (χ2n) is 6.82. The summed E-state index contributed by atoms with van der Waals surface area (Å²) in [6, 6.07) is 20.0. The summed E-state index contributed by atoms with van der Waals surface area (Å²) in [5.41, 5.74) is 3.45. The van der Waals surface area contributed by atoms with Crippen LogP contribution in [0.25, 0.3) is 22.6 Å². The van der Waals surface area contributed by atoms with Crippen molar-refractivity contribution < 1.29 is 0 Å². The molecule has 0 saturated carbocycles. The van der Waals surface area contributed by atoms with Crippen LogP contribution in [0.2, 0.25) is 5.02 Å². The zero-order valence-corrected chi connectivity index (χ0v) is 15.8. The first-order valence-corrected chi connectivity index (χ1v) is 9.65. The first-order chi connectivity index (χ1) is 13.2. The molecule has 1 saturated heterocycles. The number of aromatic nitrogens is 1. The molecule has 2 heterocycles. The van der Waals surface area contributed by atoms with Crippen molar-refractivity contribution in [2.24, 2.45) is 0 Å². The van der Waals surface area contributed by atoms with E-state index in [4.69, 9.17) is 16.6 Å². The van der Waals surface area contributed by atoms with Crippen molar-refractivity contribution in [2.45, 2.75) is 19.3 Å². The summed E-state index contributed by atoms with van der Waals surface area (Å²) in [7, 11) is 0. The maximum absolute atomic E-state index is 9.74. The molecule has 3 nitrogen and oxygen atoms in total. The molecule has 27 heavy (non-hydrogen) atoms. The second-order valence-corrected chi connectivity index (χ2v) is 7.25. The molecular weight excluding hydrogens is 354 g/mol.